The molecule has 1 aromatic carbocycles. The van der Waals surface area contributed by atoms with Crippen molar-refractivity contribution in [3.05, 3.63) is 29.8 Å². The number of alkyl halides is 3. The third kappa shape index (κ3) is 7.02. The number of hydrogen-bond acceptors (Lipinski definition) is 3. The summed E-state index contributed by atoms with van der Waals surface area (Å²) in [5, 5.41) is 0. The molecule has 0 aliphatic rings. The third-order valence-electron chi connectivity index (χ3n) is 2.95. The Morgan fingerprint density at radius 1 is 1.24 bits per heavy atom. The number of benzene rings is 1. The molecule has 1 rings (SSSR count). The van der Waals surface area contributed by atoms with Gasteiger partial charge in [-0.2, -0.15) is 0 Å². The number of carbonyl (C=O) groups excluding carboxylic acids is 1. The normalized spacial score (nSPS) is 12.8. The van der Waals surface area contributed by atoms with Crippen LogP contribution in [0.4, 0.5) is 13.2 Å². The second-order valence-corrected chi connectivity index (χ2v) is 4.74. The number of hydrogen-bond donors (Lipinski definition) is 0. The average molecular weight is 304 g/mol. The molecule has 1 unspecified atom stereocenters. The summed E-state index contributed by atoms with van der Waals surface area (Å²) < 4.78 is 44.7. The highest BCUT2D eigenvalue weighted by atomic mass is 19.4. The maximum atomic E-state index is 12.0. The van der Waals surface area contributed by atoms with E-state index in [1.165, 1.54) is 12.1 Å². The number of ether oxygens (including phenoxy) is 2. The second-order valence-electron chi connectivity index (χ2n) is 4.74. The Labute approximate surface area is 122 Å². The van der Waals surface area contributed by atoms with E-state index in [9.17, 15) is 18.0 Å². The van der Waals surface area contributed by atoms with Gasteiger partial charge in [-0.15, -0.1) is 13.2 Å². The number of halogens is 3. The van der Waals surface area contributed by atoms with Crippen LogP contribution in [0, 0.1) is 5.92 Å². The van der Waals surface area contributed by atoms with Crippen molar-refractivity contribution < 1.29 is 27.4 Å². The van der Waals surface area contributed by atoms with Gasteiger partial charge in [0.25, 0.3) is 0 Å². The molecule has 0 amide bonds. The molecule has 0 aliphatic heterocycles. The molecule has 6 heteroatoms. The highest BCUT2D eigenvalue weighted by molar-refractivity contribution is 5.71. The van der Waals surface area contributed by atoms with E-state index in [0.29, 0.717) is 19.4 Å². The zero-order valence-corrected chi connectivity index (χ0v) is 12.1. The van der Waals surface area contributed by atoms with Crippen molar-refractivity contribution in [2.45, 2.75) is 39.5 Å². The molecule has 0 saturated heterocycles. The predicted molar refractivity (Wildman–Crippen MR) is 71.9 cm³/mol. The fraction of sp³-hybridized carbons (Fsp3) is 0.533. The molecule has 21 heavy (non-hydrogen) atoms. The van der Waals surface area contributed by atoms with Crippen LogP contribution >= 0.6 is 0 Å². The maximum absolute atomic E-state index is 12.0. The Bertz CT molecular complexity index is 440. The van der Waals surface area contributed by atoms with Crippen molar-refractivity contribution in [3.8, 4) is 5.75 Å². The number of rotatable bonds is 7. The predicted octanol–water partition coefficient (Wildman–Crippen LogP) is 4.11. The molecule has 0 bridgehead atoms. The minimum atomic E-state index is -4.67. The number of carbonyl (C=O) groups is 1. The summed E-state index contributed by atoms with van der Waals surface area (Å²) in [5.74, 6) is -0.615. The summed E-state index contributed by atoms with van der Waals surface area (Å²) in [5.41, 5.74) is 0.903. The molecule has 0 N–H and O–H groups in total. The Morgan fingerprint density at radius 3 is 2.38 bits per heavy atom. The second kappa shape index (κ2) is 7.90. The van der Waals surface area contributed by atoms with Crippen molar-refractivity contribution in [1.29, 1.82) is 0 Å². The zero-order chi connectivity index (χ0) is 15.9. The monoisotopic (exact) mass is 304 g/mol. The number of esters is 1. The molecule has 0 radical (unpaired) electrons. The van der Waals surface area contributed by atoms with Crippen molar-refractivity contribution in [2.75, 3.05) is 6.61 Å². The van der Waals surface area contributed by atoms with Gasteiger partial charge in [0.15, 0.2) is 0 Å². The van der Waals surface area contributed by atoms with E-state index in [-0.39, 0.29) is 17.6 Å². The summed E-state index contributed by atoms with van der Waals surface area (Å²) in [6, 6.07) is 5.77. The van der Waals surface area contributed by atoms with Crippen LogP contribution in [0.2, 0.25) is 0 Å². The van der Waals surface area contributed by atoms with E-state index in [4.69, 9.17) is 4.74 Å². The Balaban J connectivity index is 2.38. The van der Waals surface area contributed by atoms with Crippen LogP contribution in [-0.4, -0.2) is 18.9 Å². The van der Waals surface area contributed by atoms with E-state index in [1.54, 1.807) is 26.0 Å². The van der Waals surface area contributed by atoms with Crippen molar-refractivity contribution in [3.63, 3.8) is 0 Å². The first kappa shape index (κ1) is 17.3. The van der Waals surface area contributed by atoms with Gasteiger partial charge in [-0.05, 0) is 43.9 Å². The van der Waals surface area contributed by atoms with Crippen molar-refractivity contribution >= 4 is 5.97 Å². The van der Waals surface area contributed by atoms with E-state index in [0.717, 1.165) is 12.0 Å². The first-order chi connectivity index (χ1) is 9.81. The molecule has 3 nitrogen and oxygen atoms in total. The first-order valence-electron chi connectivity index (χ1n) is 6.83. The van der Waals surface area contributed by atoms with Gasteiger partial charge in [0, 0.05) is 0 Å². The van der Waals surface area contributed by atoms with Crippen LogP contribution in [0.1, 0.15) is 32.3 Å². The van der Waals surface area contributed by atoms with Gasteiger partial charge in [-0.1, -0.05) is 19.1 Å². The highest BCUT2D eigenvalue weighted by Crippen LogP contribution is 2.23. The van der Waals surface area contributed by atoms with Crippen LogP contribution < -0.4 is 4.74 Å². The van der Waals surface area contributed by atoms with Gasteiger partial charge in [0.1, 0.15) is 5.75 Å². The van der Waals surface area contributed by atoms with Gasteiger partial charge in [-0.3, -0.25) is 4.79 Å². The molecule has 0 saturated carbocycles. The largest absolute Gasteiger partial charge is 0.573 e. The SMILES string of the molecule is CCOC(=O)C(C)CCCc1ccc(OC(F)(F)F)cc1. The summed E-state index contributed by atoms with van der Waals surface area (Å²) >= 11 is 0. The molecule has 0 aliphatic carbocycles. The third-order valence-corrected chi connectivity index (χ3v) is 2.95. The number of aryl methyl sites for hydroxylation is 1. The smallest absolute Gasteiger partial charge is 0.466 e. The Kier molecular flexibility index (Phi) is 6.52. The molecule has 0 heterocycles. The maximum Gasteiger partial charge on any atom is 0.573 e. The Morgan fingerprint density at radius 2 is 1.86 bits per heavy atom. The van der Waals surface area contributed by atoms with Crippen LogP contribution in [0.5, 0.6) is 5.75 Å². The van der Waals surface area contributed by atoms with Gasteiger partial charge in [-0.25, -0.2) is 0 Å². The summed E-state index contributed by atoms with van der Waals surface area (Å²) in [6.45, 7) is 3.93. The lowest BCUT2D eigenvalue weighted by atomic mass is 10.0. The quantitative estimate of drug-likeness (QED) is 0.711. The topological polar surface area (TPSA) is 35.5 Å². The van der Waals surface area contributed by atoms with Gasteiger partial charge >= 0.3 is 12.3 Å². The summed E-state index contributed by atoms with van der Waals surface area (Å²) in [6.07, 6.45) is -2.54. The Hall–Kier alpha value is -1.72. The molecule has 1 atom stereocenters. The molecular weight excluding hydrogens is 285 g/mol. The van der Waals surface area contributed by atoms with Crippen molar-refractivity contribution in [2.24, 2.45) is 5.92 Å². The lowest BCUT2D eigenvalue weighted by molar-refractivity contribution is -0.274. The highest BCUT2D eigenvalue weighted by Gasteiger charge is 2.30. The minimum absolute atomic E-state index is 0.169. The van der Waals surface area contributed by atoms with Crippen molar-refractivity contribution in [1.82, 2.24) is 0 Å². The lowest BCUT2D eigenvalue weighted by Gasteiger charge is -2.11. The lowest BCUT2D eigenvalue weighted by Crippen LogP contribution is -2.17. The van der Waals surface area contributed by atoms with E-state index < -0.39 is 6.36 Å². The van der Waals surface area contributed by atoms with Gasteiger partial charge in [0.05, 0.1) is 12.5 Å². The molecule has 0 fully saturated rings. The van der Waals surface area contributed by atoms with Crippen LogP contribution in [-0.2, 0) is 16.0 Å². The van der Waals surface area contributed by atoms with Gasteiger partial charge < -0.3 is 9.47 Å². The zero-order valence-electron chi connectivity index (χ0n) is 12.1. The molecule has 1 aromatic rings. The molecule has 0 aromatic heterocycles. The van der Waals surface area contributed by atoms with Crippen LogP contribution in [0.15, 0.2) is 24.3 Å². The molecular formula is C15H19F3O3. The van der Waals surface area contributed by atoms with E-state index >= 15 is 0 Å². The first-order valence-corrected chi connectivity index (χ1v) is 6.83. The van der Waals surface area contributed by atoms with Gasteiger partial charge in [0.2, 0.25) is 0 Å². The fourth-order valence-electron chi connectivity index (χ4n) is 1.87. The molecule has 0 spiro atoms. The van der Waals surface area contributed by atoms with Crippen LogP contribution in [0.25, 0.3) is 0 Å². The van der Waals surface area contributed by atoms with E-state index in [1.807, 2.05) is 0 Å². The standard InChI is InChI=1S/C15H19F3O3/c1-3-20-14(19)11(2)5-4-6-12-7-9-13(10-8-12)21-15(16,17)18/h7-11H,3-6H2,1-2H3. The fourth-order valence-corrected chi connectivity index (χ4v) is 1.87. The van der Waals surface area contributed by atoms with E-state index in [2.05, 4.69) is 4.74 Å². The minimum Gasteiger partial charge on any atom is -0.466 e. The summed E-state index contributed by atoms with van der Waals surface area (Å²) in [7, 11) is 0. The molecule has 118 valence electrons. The average Bonchev–Trinajstić information content (AvgIpc) is 2.39. The van der Waals surface area contributed by atoms with Crippen LogP contribution in [0.3, 0.4) is 0 Å². The summed E-state index contributed by atoms with van der Waals surface area (Å²) in [4.78, 5) is 11.4.